The molecule has 1 aromatic carbocycles. The number of hydrogen-bond acceptors (Lipinski definition) is 3. The lowest BCUT2D eigenvalue weighted by atomic mass is 9.89. The average Bonchev–Trinajstić information content (AvgIpc) is 3.08. The predicted octanol–water partition coefficient (Wildman–Crippen LogP) is 2.16. The van der Waals surface area contributed by atoms with Crippen LogP contribution in [0.2, 0.25) is 0 Å². The molecule has 3 rings (SSSR count). The van der Waals surface area contributed by atoms with Crippen LogP contribution in [-0.4, -0.2) is 18.2 Å². The topological polar surface area (TPSA) is 38.8 Å². The first-order valence-corrected chi connectivity index (χ1v) is 5.75. The number of carbonyl (C=O) groups excluding carboxylic acids is 1. The summed E-state index contributed by atoms with van der Waals surface area (Å²) in [5.41, 5.74) is 0. The van der Waals surface area contributed by atoms with Crippen molar-refractivity contribution < 1.29 is 14.3 Å². The normalized spacial score (nSPS) is 31.6. The van der Waals surface area contributed by atoms with Crippen molar-refractivity contribution >= 4 is 5.97 Å². The van der Waals surface area contributed by atoms with Gasteiger partial charge in [0, 0.05) is 0 Å². The number of epoxide rings is 1. The maximum atomic E-state index is 11.9. The van der Waals surface area contributed by atoms with Crippen LogP contribution < -0.4 is 4.74 Å². The number of esters is 1. The van der Waals surface area contributed by atoms with Crippen LogP contribution in [0, 0.1) is 5.92 Å². The van der Waals surface area contributed by atoms with Crippen LogP contribution in [0.4, 0.5) is 0 Å². The number of carbonyl (C=O) groups is 1. The highest BCUT2D eigenvalue weighted by atomic mass is 16.6. The molecule has 1 aromatic rings. The van der Waals surface area contributed by atoms with Gasteiger partial charge in [0.2, 0.25) is 0 Å². The Balaban J connectivity index is 1.60. The fraction of sp³-hybridized carbons (Fsp3) is 0.462. The Morgan fingerprint density at radius 1 is 1.19 bits per heavy atom. The molecule has 0 bridgehead atoms. The highest BCUT2D eigenvalue weighted by Gasteiger charge is 2.46. The maximum absolute atomic E-state index is 11.9. The van der Waals surface area contributed by atoms with Crippen molar-refractivity contribution in [3.63, 3.8) is 0 Å². The highest BCUT2D eigenvalue weighted by molar-refractivity contribution is 5.75. The number of ether oxygens (including phenoxy) is 2. The van der Waals surface area contributed by atoms with E-state index >= 15 is 0 Å². The van der Waals surface area contributed by atoms with E-state index in [0.29, 0.717) is 18.0 Å². The predicted molar refractivity (Wildman–Crippen MR) is 58.1 cm³/mol. The van der Waals surface area contributed by atoms with Crippen LogP contribution in [0.1, 0.15) is 19.3 Å². The van der Waals surface area contributed by atoms with Gasteiger partial charge in [0.15, 0.2) is 0 Å². The van der Waals surface area contributed by atoms with Crippen LogP contribution in [0.3, 0.4) is 0 Å². The van der Waals surface area contributed by atoms with Gasteiger partial charge in [0.05, 0.1) is 18.1 Å². The first kappa shape index (κ1) is 9.85. The SMILES string of the molecule is O=C(Oc1ccccc1)C1CCC2OC2C1. The van der Waals surface area contributed by atoms with Gasteiger partial charge in [0.25, 0.3) is 0 Å². The first-order valence-electron chi connectivity index (χ1n) is 5.75. The summed E-state index contributed by atoms with van der Waals surface area (Å²) in [4.78, 5) is 11.9. The van der Waals surface area contributed by atoms with Gasteiger partial charge in [-0.2, -0.15) is 0 Å². The van der Waals surface area contributed by atoms with Crippen molar-refractivity contribution in [3.8, 4) is 5.75 Å². The second-order valence-corrected chi connectivity index (χ2v) is 4.46. The molecule has 0 radical (unpaired) electrons. The summed E-state index contributed by atoms with van der Waals surface area (Å²) in [6.07, 6.45) is 3.48. The van der Waals surface area contributed by atoms with Gasteiger partial charge >= 0.3 is 5.97 Å². The van der Waals surface area contributed by atoms with Crippen molar-refractivity contribution in [2.24, 2.45) is 5.92 Å². The minimum absolute atomic E-state index is 0.0176. The van der Waals surface area contributed by atoms with Crippen LogP contribution in [0.25, 0.3) is 0 Å². The van der Waals surface area contributed by atoms with E-state index in [0.717, 1.165) is 19.3 Å². The molecule has 1 aliphatic heterocycles. The third kappa shape index (κ3) is 1.95. The molecule has 3 atom stereocenters. The quantitative estimate of drug-likeness (QED) is 0.434. The Morgan fingerprint density at radius 2 is 2.00 bits per heavy atom. The third-order valence-corrected chi connectivity index (χ3v) is 3.30. The number of benzene rings is 1. The minimum atomic E-state index is -0.111. The lowest BCUT2D eigenvalue weighted by molar-refractivity contribution is -0.139. The van der Waals surface area contributed by atoms with Crippen LogP contribution >= 0.6 is 0 Å². The molecule has 1 aliphatic carbocycles. The maximum Gasteiger partial charge on any atom is 0.314 e. The molecule has 0 spiro atoms. The van der Waals surface area contributed by atoms with E-state index in [9.17, 15) is 4.79 Å². The molecule has 0 amide bonds. The molecule has 2 fully saturated rings. The monoisotopic (exact) mass is 218 g/mol. The Bertz CT molecular complexity index is 387. The van der Waals surface area contributed by atoms with Gasteiger partial charge in [-0.1, -0.05) is 18.2 Å². The molecule has 2 aliphatic rings. The van der Waals surface area contributed by atoms with E-state index in [1.54, 1.807) is 12.1 Å². The number of fused-ring (bicyclic) bond motifs is 1. The summed E-state index contributed by atoms with van der Waals surface area (Å²) in [5.74, 6) is 0.537. The smallest absolute Gasteiger partial charge is 0.314 e. The Morgan fingerprint density at radius 3 is 2.75 bits per heavy atom. The summed E-state index contributed by atoms with van der Waals surface area (Å²) >= 11 is 0. The van der Waals surface area contributed by atoms with E-state index in [-0.39, 0.29) is 11.9 Å². The summed E-state index contributed by atoms with van der Waals surface area (Å²) in [5, 5.41) is 0. The molecule has 0 N–H and O–H groups in total. The molecular formula is C13H14O3. The van der Waals surface area contributed by atoms with E-state index in [4.69, 9.17) is 9.47 Å². The molecule has 3 heteroatoms. The summed E-state index contributed by atoms with van der Waals surface area (Å²) < 4.78 is 10.7. The largest absolute Gasteiger partial charge is 0.426 e. The van der Waals surface area contributed by atoms with Gasteiger partial charge in [-0.3, -0.25) is 4.79 Å². The molecule has 0 aromatic heterocycles. The second-order valence-electron chi connectivity index (χ2n) is 4.46. The lowest BCUT2D eigenvalue weighted by Crippen LogP contribution is -2.25. The molecule has 16 heavy (non-hydrogen) atoms. The highest BCUT2D eigenvalue weighted by Crippen LogP contribution is 2.39. The van der Waals surface area contributed by atoms with Crippen LogP contribution in [-0.2, 0) is 9.53 Å². The van der Waals surface area contributed by atoms with Crippen LogP contribution in [0.15, 0.2) is 30.3 Å². The van der Waals surface area contributed by atoms with Crippen molar-refractivity contribution in [1.82, 2.24) is 0 Å². The van der Waals surface area contributed by atoms with Crippen molar-refractivity contribution in [2.75, 3.05) is 0 Å². The van der Waals surface area contributed by atoms with Gasteiger partial charge < -0.3 is 9.47 Å². The fourth-order valence-corrected chi connectivity index (χ4v) is 2.31. The number of rotatable bonds is 2. The molecule has 1 heterocycles. The van der Waals surface area contributed by atoms with Crippen molar-refractivity contribution in [3.05, 3.63) is 30.3 Å². The van der Waals surface area contributed by atoms with Crippen LogP contribution in [0.5, 0.6) is 5.75 Å². The van der Waals surface area contributed by atoms with Gasteiger partial charge in [-0.15, -0.1) is 0 Å². The van der Waals surface area contributed by atoms with Crippen molar-refractivity contribution in [1.29, 1.82) is 0 Å². The number of hydrogen-bond donors (Lipinski definition) is 0. The second kappa shape index (κ2) is 3.91. The Hall–Kier alpha value is -1.35. The molecule has 84 valence electrons. The van der Waals surface area contributed by atoms with Gasteiger partial charge in [0.1, 0.15) is 5.75 Å². The standard InChI is InChI=1S/C13H14O3/c14-13(15-10-4-2-1-3-5-10)9-6-7-11-12(8-9)16-11/h1-5,9,11-12H,6-8H2. The zero-order valence-electron chi connectivity index (χ0n) is 8.96. The van der Waals surface area contributed by atoms with E-state index in [2.05, 4.69) is 0 Å². The summed E-state index contributed by atoms with van der Waals surface area (Å²) in [6.45, 7) is 0. The van der Waals surface area contributed by atoms with Gasteiger partial charge in [-0.05, 0) is 31.4 Å². The number of para-hydroxylation sites is 1. The molecule has 3 unspecified atom stereocenters. The fourth-order valence-electron chi connectivity index (χ4n) is 2.31. The van der Waals surface area contributed by atoms with E-state index < -0.39 is 0 Å². The van der Waals surface area contributed by atoms with E-state index in [1.165, 1.54) is 0 Å². The van der Waals surface area contributed by atoms with Crippen molar-refractivity contribution in [2.45, 2.75) is 31.5 Å². The summed E-state index contributed by atoms with van der Waals surface area (Å²) in [7, 11) is 0. The minimum Gasteiger partial charge on any atom is -0.426 e. The Kier molecular flexibility index (Phi) is 2.40. The zero-order chi connectivity index (χ0) is 11.0. The molecule has 1 saturated heterocycles. The lowest BCUT2D eigenvalue weighted by Gasteiger charge is -2.17. The van der Waals surface area contributed by atoms with Gasteiger partial charge in [-0.25, -0.2) is 0 Å². The zero-order valence-corrected chi connectivity index (χ0v) is 8.96. The molecular weight excluding hydrogens is 204 g/mol. The average molecular weight is 218 g/mol. The summed E-state index contributed by atoms with van der Waals surface area (Å²) in [6, 6.07) is 9.24. The third-order valence-electron chi connectivity index (χ3n) is 3.30. The van der Waals surface area contributed by atoms with E-state index in [1.807, 2.05) is 18.2 Å². The Labute approximate surface area is 94.4 Å². The first-order chi connectivity index (χ1) is 7.83. The molecule has 3 nitrogen and oxygen atoms in total. The molecule has 1 saturated carbocycles.